The molecule has 118 valence electrons. The van der Waals surface area contributed by atoms with E-state index in [2.05, 4.69) is 11.9 Å². The summed E-state index contributed by atoms with van der Waals surface area (Å²) in [6.07, 6.45) is 6.40. The summed E-state index contributed by atoms with van der Waals surface area (Å²) in [4.78, 5) is 0. The molecule has 0 amide bonds. The van der Waals surface area contributed by atoms with Gasteiger partial charge in [-0.15, -0.1) is 0 Å². The summed E-state index contributed by atoms with van der Waals surface area (Å²) < 4.78 is 14.0. The Bertz CT molecular complexity index is 455. The third kappa shape index (κ3) is 5.75. The second kappa shape index (κ2) is 8.49. The van der Waals surface area contributed by atoms with Crippen LogP contribution in [0.3, 0.4) is 0 Å². The van der Waals surface area contributed by atoms with Gasteiger partial charge in [-0.25, -0.2) is 4.39 Å². The Balaban J connectivity index is 2.59. The molecular weight excluding hydrogens is 291 g/mol. The molecule has 1 aliphatic carbocycles. The normalized spacial score (nSPS) is 26.8. The average molecular weight is 315 g/mol. The van der Waals surface area contributed by atoms with Crippen molar-refractivity contribution in [3.05, 3.63) is 47.3 Å². The van der Waals surface area contributed by atoms with E-state index in [0.29, 0.717) is 11.6 Å². The van der Waals surface area contributed by atoms with Crippen LogP contribution in [0.2, 0.25) is 0 Å². The van der Waals surface area contributed by atoms with Gasteiger partial charge in [0.2, 0.25) is 0 Å². The molecule has 0 aromatic heterocycles. The number of hydrogen-bond acceptors (Lipinski definition) is 3. The topological polar surface area (TPSA) is 58.3 Å². The molecule has 4 atom stereocenters. The number of rotatable bonds is 8. The highest BCUT2D eigenvalue weighted by Crippen LogP contribution is 2.45. The molecule has 0 saturated heterocycles. The minimum absolute atomic E-state index is 0.0624. The molecule has 3 nitrogen and oxygen atoms in total. The van der Waals surface area contributed by atoms with Gasteiger partial charge in [0.1, 0.15) is 5.83 Å². The fourth-order valence-electron chi connectivity index (χ4n) is 2.34. The second-order valence-corrected chi connectivity index (χ2v) is 6.00. The van der Waals surface area contributed by atoms with E-state index in [4.69, 9.17) is 17.3 Å². The maximum atomic E-state index is 14.0. The number of nitrogens with two attached hydrogens (primary N) is 1. The van der Waals surface area contributed by atoms with Crippen molar-refractivity contribution in [1.82, 2.24) is 5.32 Å². The first-order valence-corrected chi connectivity index (χ1v) is 7.37. The SMILES string of the molecule is C=C(Cl)/C=C\C=C(/F)C1C(N)C1[C@H](CO)NCC=C(C)C. The highest BCUT2D eigenvalue weighted by Gasteiger charge is 2.53. The third-order valence-corrected chi connectivity index (χ3v) is 3.66. The number of aliphatic hydroxyl groups is 1. The number of halogens is 2. The zero-order chi connectivity index (χ0) is 16.0. The maximum absolute atomic E-state index is 14.0. The van der Waals surface area contributed by atoms with Crippen LogP contribution in [0, 0.1) is 11.8 Å². The molecular formula is C16H24ClFN2O. The molecule has 1 aliphatic rings. The third-order valence-electron chi connectivity index (χ3n) is 3.54. The minimum Gasteiger partial charge on any atom is -0.395 e. The lowest BCUT2D eigenvalue weighted by molar-refractivity contribution is 0.226. The van der Waals surface area contributed by atoms with Gasteiger partial charge in [0.15, 0.2) is 0 Å². The molecule has 1 fully saturated rings. The Morgan fingerprint density at radius 2 is 2.19 bits per heavy atom. The first-order valence-electron chi connectivity index (χ1n) is 6.99. The van der Waals surface area contributed by atoms with E-state index in [1.165, 1.54) is 23.8 Å². The van der Waals surface area contributed by atoms with Crippen molar-refractivity contribution >= 4 is 11.6 Å². The molecule has 3 unspecified atom stereocenters. The molecule has 0 bridgehead atoms. The fourth-order valence-corrected chi connectivity index (χ4v) is 2.41. The molecule has 4 N–H and O–H groups in total. The van der Waals surface area contributed by atoms with Gasteiger partial charge in [0.25, 0.3) is 0 Å². The van der Waals surface area contributed by atoms with Crippen LogP contribution in [0.25, 0.3) is 0 Å². The van der Waals surface area contributed by atoms with Crippen LogP contribution < -0.4 is 11.1 Å². The largest absolute Gasteiger partial charge is 0.395 e. The van der Waals surface area contributed by atoms with E-state index in [1.54, 1.807) is 0 Å². The first-order chi connectivity index (χ1) is 9.88. The molecule has 0 heterocycles. The number of allylic oxidation sites excluding steroid dienone is 5. The lowest BCUT2D eigenvalue weighted by Gasteiger charge is -2.15. The lowest BCUT2D eigenvalue weighted by Crippen LogP contribution is -2.36. The standard InChI is InChI=1S/C16H24ClFN2O/c1-10(2)7-8-20-13(9-21)15-14(16(15)19)12(18)6-4-5-11(3)17/h4-7,13-16,20-21H,3,8-9,19H2,1-2H3/b5-4-,12-6-/t13-,14?,15?,16?/m0/s1. The smallest absolute Gasteiger partial charge is 0.105 e. The molecule has 21 heavy (non-hydrogen) atoms. The molecule has 5 heteroatoms. The summed E-state index contributed by atoms with van der Waals surface area (Å²) in [5.41, 5.74) is 7.12. The Hall–Kier alpha value is -0.940. The van der Waals surface area contributed by atoms with Crippen molar-refractivity contribution in [3.8, 4) is 0 Å². The Kier molecular flexibility index (Phi) is 7.32. The first kappa shape index (κ1) is 18.1. The minimum atomic E-state index is -0.352. The summed E-state index contributed by atoms with van der Waals surface area (Å²) >= 11 is 5.56. The number of nitrogens with one attached hydrogen (secondary N) is 1. The van der Waals surface area contributed by atoms with Crippen LogP contribution >= 0.6 is 11.6 Å². The van der Waals surface area contributed by atoms with Gasteiger partial charge >= 0.3 is 0 Å². The van der Waals surface area contributed by atoms with Crippen LogP contribution in [-0.4, -0.2) is 30.3 Å². The fraction of sp³-hybridized carbons (Fsp3) is 0.500. The summed E-state index contributed by atoms with van der Waals surface area (Å²) in [7, 11) is 0. The molecule has 1 saturated carbocycles. The molecule has 0 radical (unpaired) electrons. The Labute approximate surface area is 131 Å². The lowest BCUT2D eigenvalue weighted by atomic mass is 10.1. The Morgan fingerprint density at radius 3 is 2.71 bits per heavy atom. The maximum Gasteiger partial charge on any atom is 0.105 e. The van der Waals surface area contributed by atoms with Crippen LogP contribution in [0.1, 0.15) is 13.8 Å². The quantitative estimate of drug-likeness (QED) is 0.477. The van der Waals surface area contributed by atoms with Crippen LogP contribution in [0.15, 0.2) is 47.3 Å². The van der Waals surface area contributed by atoms with Crippen molar-refractivity contribution in [2.45, 2.75) is 25.9 Å². The Morgan fingerprint density at radius 1 is 1.52 bits per heavy atom. The molecule has 0 aliphatic heterocycles. The van der Waals surface area contributed by atoms with Gasteiger partial charge in [-0.3, -0.25) is 0 Å². The van der Waals surface area contributed by atoms with Crippen molar-refractivity contribution in [1.29, 1.82) is 0 Å². The van der Waals surface area contributed by atoms with Crippen molar-refractivity contribution < 1.29 is 9.50 Å². The highest BCUT2D eigenvalue weighted by atomic mass is 35.5. The van der Waals surface area contributed by atoms with Gasteiger partial charge in [0, 0.05) is 35.5 Å². The summed E-state index contributed by atoms with van der Waals surface area (Å²) in [5.74, 6) is -0.733. The highest BCUT2D eigenvalue weighted by molar-refractivity contribution is 6.30. The zero-order valence-corrected chi connectivity index (χ0v) is 13.3. The summed E-state index contributed by atoms with van der Waals surface area (Å²) in [5, 5.41) is 13.0. The van der Waals surface area contributed by atoms with E-state index < -0.39 is 0 Å². The van der Waals surface area contributed by atoms with Crippen LogP contribution in [-0.2, 0) is 0 Å². The van der Waals surface area contributed by atoms with E-state index >= 15 is 0 Å². The van der Waals surface area contributed by atoms with Gasteiger partial charge < -0.3 is 16.2 Å². The van der Waals surface area contributed by atoms with Crippen LogP contribution in [0.5, 0.6) is 0 Å². The van der Waals surface area contributed by atoms with E-state index in [9.17, 15) is 9.50 Å². The monoisotopic (exact) mass is 314 g/mol. The molecule has 1 rings (SSSR count). The van der Waals surface area contributed by atoms with Gasteiger partial charge in [0.05, 0.1) is 6.61 Å². The van der Waals surface area contributed by atoms with Gasteiger partial charge in [-0.1, -0.05) is 35.9 Å². The predicted molar refractivity (Wildman–Crippen MR) is 86.6 cm³/mol. The number of hydrogen-bond donors (Lipinski definition) is 3. The van der Waals surface area contributed by atoms with Crippen molar-refractivity contribution in [2.24, 2.45) is 17.6 Å². The van der Waals surface area contributed by atoms with E-state index in [-0.39, 0.29) is 36.4 Å². The van der Waals surface area contributed by atoms with Crippen LogP contribution in [0.4, 0.5) is 4.39 Å². The average Bonchev–Trinajstić information content (AvgIpc) is 3.05. The predicted octanol–water partition coefficient (Wildman–Crippen LogP) is 2.64. The van der Waals surface area contributed by atoms with E-state index in [0.717, 1.165) is 0 Å². The van der Waals surface area contributed by atoms with Gasteiger partial charge in [-0.2, -0.15) is 0 Å². The molecule has 0 aromatic carbocycles. The molecule has 0 spiro atoms. The molecule has 0 aromatic rings. The second-order valence-electron chi connectivity index (χ2n) is 5.52. The van der Waals surface area contributed by atoms with E-state index in [1.807, 2.05) is 19.9 Å². The number of aliphatic hydroxyl groups excluding tert-OH is 1. The van der Waals surface area contributed by atoms with Gasteiger partial charge in [-0.05, 0) is 26.0 Å². The zero-order valence-electron chi connectivity index (χ0n) is 12.5. The van der Waals surface area contributed by atoms with Crippen molar-refractivity contribution in [3.63, 3.8) is 0 Å². The summed E-state index contributed by atoms with van der Waals surface area (Å²) in [6, 6.07) is -0.475. The summed E-state index contributed by atoms with van der Waals surface area (Å²) in [6.45, 7) is 8.06. The van der Waals surface area contributed by atoms with Crippen molar-refractivity contribution in [2.75, 3.05) is 13.2 Å².